The van der Waals surface area contributed by atoms with Gasteiger partial charge in [-0.05, 0) is 42.1 Å². The van der Waals surface area contributed by atoms with E-state index < -0.39 is 0 Å². The number of hydrogen-bond donors (Lipinski definition) is 1. The van der Waals surface area contributed by atoms with E-state index in [-0.39, 0.29) is 16.9 Å². The summed E-state index contributed by atoms with van der Waals surface area (Å²) in [5.74, 6) is 0.661. The van der Waals surface area contributed by atoms with Gasteiger partial charge in [0.05, 0.1) is 18.6 Å². The zero-order valence-corrected chi connectivity index (χ0v) is 14.0. The third kappa shape index (κ3) is 2.48. The van der Waals surface area contributed by atoms with Crippen LogP contribution in [0.25, 0.3) is 6.08 Å². The Labute approximate surface area is 133 Å². The van der Waals surface area contributed by atoms with Gasteiger partial charge in [0, 0.05) is 11.5 Å². The SMILES string of the molecule is C=C1CC(O)C2C(C)(C)CCCC2(C)C1C=Cc1ccoc1. The number of allylic oxidation sites excluding steroid dienone is 1. The molecule has 120 valence electrons. The predicted molar refractivity (Wildman–Crippen MR) is 90.2 cm³/mol. The largest absolute Gasteiger partial charge is 0.472 e. The molecule has 4 atom stereocenters. The van der Waals surface area contributed by atoms with Gasteiger partial charge in [-0.2, -0.15) is 0 Å². The molecule has 0 radical (unpaired) electrons. The highest BCUT2D eigenvalue weighted by molar-refractivity contribution is 5.49. The Kier molecular flexibility index (Phi) is 3.84. The van der Waals surface area contributed by atoms with Gasteiger partial charge in [-0.15, -0.1) is 0 Å². The minimum Gasteiger partial charge on any atom is -0.472 e. The lowest BCUT2D eigenvalue weighted by Crippen LogP contribution is -2.55. The molecule has 0 amide bonds. The molecule has 2 aliphatic carbocycles. The van der Waals surface area contributed by atoms with Crippen LogP contribution in [0.1, 0.15) is 52.0 Å². The highest BCUT2D eigenvalue weighted by Crippen LogP contribution is 2.61. The number of aliphatic hydroxyl groups excluding tert-OH is 1. The Morgan fingerprint density at radius 1 is 1.32 bits per heavy atom. The van der Waals surface area contributed by atoms with Gasteiger partial charge in [0.25, 0.3) is 0 Å². The summed E-state index contributed by atoms with van der Waals surface area (Å²) < 4.78 is 5.15. The van der Waals surface area contributed by atoms with Crippen molar-refractivity contribution in [2.24, 2.45) is 22.7 Å². The summed E-state index contributed by atoms with van der Waals surface area (Å²) in [5, 5.41) is 10.7. The third-order valence-electron chi connectivity index (χ3n) is 6.12. The van der Waals surface area contributed by atoms with Crippen molar-refractivity contribution in [3.63, 3.8) is 0 Å². The smallest absolute Gasteiger partial charge is 0.0974 e. The van der Waals surface area contributed by atoms with Crippen LogP contribution >= 0.6 is 0 Å². The maximum absolute atomic E-state index is 10.7. The fraction of sp³-hybridized carbons (Fsp3) is 0.600. The predicted octanol–water partition coefficient (Wildman–Crippen LogP) is 5.06. The van der Waals surface area contributed by atoms with Crippen molar-refractivity contribution in [3.05, 3.63) is 42.4 Å². The van der Waals surface area contributed by atoms with E-state index in [0.29, 0.717) is 11.8 Å². The third-order valence-corrected chi connectivity index (χ3v) is 6.12. The molecule has 2 heteroatoms. The number of fused-ring (bicyclic) bond motifs is 1. The van der Waals surface area contributed by atoms with Crippen molar-refractivity contribution in [3.8, 4) is 0 Å². The van der Waals surface area contributed by atoms with E-state index in [9.17, 15) is 5.11 Å². The first-order valence-corrected chi connectivity index (χ1v) is 8.41. The summed E-state index contributed by atoms with van der Waals surface area (Å²) in [6.07, 6.45) is 12.0. The molecule has 2 nitrogen and oxygen atoms in total. The summed E-state index contributed by atoms with van der Waals surface area (Å²) in [5.41, 5.74) is 2.55. The molecule has 0 spiro atoms. The lowest BCUT2D eigenvalue weighted by Gasteiger charge is -2.59. The van der Waals surface area contributed by atoms with Gasteiger partial charge in [-0.25, -0.2) is 0 Å². The summed E-state index contributed by atoms with van der Waals surface area (Å²) >= 11 is 0. The van der Waals surface area contributed by atoms with Crippen LogP contribution in [0.3, 0.4) is 0 Å². The van der Waals surface area contributed by atoms with E-state index in [1.807, 2.05) is 6.07 Å². The average Bonchev–Trinajstić information content (AvgIpc) is 2.89. The fourth-order valence-electron chi connectivity index (χ4n) is 5.35. The summed E-state index contributed by atoms with van der Waals surface area (Å²) in [6, 6.07) is 1.97. The van der Waals surface area contributed by atoms with E-state index in [2.05, 4.69) is 39.5 Å². The van der Waals surface area contributed by atoms with Gasteiger partial charge in [-0.3, -0.25) is 0 Å². The normalized spacial score (nSPS) is 38.2. The maximum Gasteiger partial charge on any atom is 0.0974 e. The maximum atomic E-state index is 10.7. The van der Waals surface area contributed by atoms with Gasteiger partial charge < -0.3 is 9.52 Å². The van der Waals surface area contributed by atoms with Crippen LogP contribution in [0.4, 0.5) is 0 Å². The zero-order valence-electron chi connectivity index (χ0n) is 14.0. The molecule has 4 unspecified atom stereocenters. The second-order valence-corrected chi connectivity index (χ2v) is 8.15. The Balaban J connectivity index is 1.96. The molecule has 1 N–H and O–H groups in total. The van der Waals surface area contributed by atoms with Crippen molar-refractivity contribution in [2.45, 2.75) is 52.6 Å². The van der Waals surface area contributed by atoms with Crippen molar-refractivity contribution in [1.82, 2.24) is 0 Å². The molecule has 0 saturated heterocycles. The van der Waals surface area contributed by atoms with Gasteiger partial charge in [0.15, 0.2) is 0 Å². The van der Waals surface area contributed by atoms with Crippen LogP contribution in [0, 0.1) is 22.7 Å². The molecule has 0 bridgehead atoms. The Bertz CT molecular complexity index is 567. The van der Waals surface area contributed by atoms with Crippen molar-refractivity contribution in [1.29, 1.82) is 0 Å². The van der Waals surface area contributed by atoms with Crippen molar-refractivity contribution in [2.75, 3.05) is 0 Å². The lowest BCUT2D eigenvalue weighted by atomic mass is 9.47. The van der Waals surface area contributed by atoms with Crippen LogP contribution in [-0.4, -0.2) is 11.2 Å². The van der Waals surface area contributed by atoms with Crippen LogP contribution in [0.2, 0.25) is 0 Å². The Morgan fingerprint density at radius 2 is 2.09 bits per heavy atom. The summed E-state index contributed by atoms with van der Waals surface area (Å²) in [7, 11) is 0. The number of hydrogen-bond acceptors (Lipinski definition) is 2. The quantitative estimate of drug-likeness (QED) is 0.774. The molecule has 1 heterocycles. The van der Waals surface area contributed by atoms with Crippen LogP contribution in [0.5, 0.6) is 0 Å². The number of furan rings is 1. The standard InChI is InChI=1S/C20H28O2/c1-14-12-17(21)18-19(2,3)9-5-10-20(18,4)16(14)7-6-15-8-11-22-13-15/h6-8,11,13,16-18,21H,1,5,9-10,12H2,2-4H3. The monoisotopic (exact) mass is 300 g/mol. The highest BCUT2D eigenvalue weighted by atomic mass is 16.3. The first kappa shape index (κ1) is 15.6. The van der Waals surface area contributed by atoms with Gasteiger partial charge in [0.2, 0.25) is 0 Å². The number of rotatable bonds is 2. The number of aliphatic hydroxyl groups is 1. The van der Waals surface area contributed by atoms with Gasteiger partial charge >= 0.3 is 0 Å². The van der Waals surface area contributed by atoms with E-state index in [1.165, 1.54) is 18.4 Å². The van der Waals surface area contributed by atoms with E-state index in [1.54, 1.807) is 12.5 Å². The van der Waals surface area contributed by atoms with Crippen molar-refractivity contribution >= 4 is 6.08 Å². The van der Waals surface area contributed by atoms with Crippen LogP contribution in [0.15, 0.2) is 41.2 Å². The molecule has 0 aliphatic heterocycles. The first-order chi connectivity index (χ1) is 10.3. The van der Waals surface area contributed by atoms with Crippen LogP contribution in [-0.2, 0) is 0 Å². The first-order valence-electron chi connectivity index (χ1n) is 8.41. The molecule has 22 heavy (non-hydrogen) atoms. The highest BCUT2D eigenvalue weighted by Gasteiger charge is 2.55. The molecule has 1 aromatic heterocycles. The minimum atomic E-state index is -0.258. The average molecular weight is 300 g/mol. The molecule has 1 aromatic rings. The summed E-state index contributed by atoms with van der Waals surface area (Å²) in [6.45, 7) is 11.3. The van der Waals surface area contributed by atoms with Gasteiger partial charge in [-0.1, -0.05) is 51.5 Å². The molecular formula is C20H28O2. The lowest BCUT2D eigenvalue weighted by molar-refractivity contribution is -0.111. The Morgan fingerprint density at radius 3 is 2.77 bits per heavy atom. The molecule has 3 rings (SSSR count). The molecular weight excluding hydrogens is 272 g/mol. The second kappa shape index (κ2) is 5.42. The topological polar surface area (TPSA) is 33.4 Å². The Hall–Kier alpha value is -1.28. The molecule has 2 fully saturated rings. The second-order valence-electron chi connectivity index (χ2n) is 8.15. The van der Waals surface area contributed by atoms with Crippen LogP contribution < -0.4 is 0 Å². The zero-order chi connectivity index (χ0) is 16.0. The molecule has 2 saturated carbocycles. The molecule has 0 aromatic carbocycles. The molecule has 2 aliphatic rings. The minimum absolute atomic E-state index is 0.0940. The fourth-order valence-corrected chi connectivity index (χ4v) is 5.35. The van der Waals surface area contributed by atoms with Gasteiger partial charge in [0.1, 0.15) is 0 Å². The van der Waals surface area contributed by atoms with E-state index in [0.717, 1.165) is 18.4 Å². The van der Waals surface area contributed by atoms with E-state index in [4.69, 9.17) is 4.42 Å². The van der Waals surface area contributed by atoms with Crippen molar-refractivity contribution < 1.29 is 9.52 Å². The summed E-state index contributed by atoms with van der Waals surface area (Å²) in [4.78, 5) is 0. The van der Waals surface area contributed by atoms with E-state index >= 15 is 0 Å².